The third kappa shape index (κ3) is 4.80. The van der Waals surface area contributed by atoms with Crippen LogP contribution in [-0.2, 0) is 0 Å². The number of likely N-dealkylation sites (N-methyl/N-ethyl adjacent to an activating group) is 1. The van der Waals surface area contributed by atoms with Crippen molar-refractivity contribution in [2.24, 2.45) is 23.2 Å². The zero-order chi connectivity index (χ0) is 23.0. The minimum atomic E-state index is -0.603. The molecule has 3 aliphatic carbocycles. The fourth-order valence-corrected chi connectivity index (χ4v) is 7.59. The Morgan fingerprint density at radius 3 is 2.56 bits per heavy atom. The van der Waals surface area contributed by atoms with Crippen LogP contribution in [0.1, 0.15) is 65.7 Å². The number of rotatable bonds is 4. The maximum absolute atomic E-state index is 10.2. The number of fused-ring (bicyclic) bond motifs is 1. The van der Waals surface area contributed by atoms with E-state index in [1.54, 1.807) is 5.57 Å². The second-order valence-corrected chi connectivity index (χ2v) is 11.8. The van der Waals surface area contributed by atoms with E-state index in [1.165, 1.54) is 58.3 Å². The summed E-state index contributed by atoms with van der Waals surface area (Å²) in [6, 6.07) is 0.659. The Kier molecular flexibility index (Phi) is 7.36. The fraction of sp³-hybridized carbons (Fsp3) is 0.786. The maximum Gasteiger partial charge on any atom is 0.0809 e. The molecule has 1 saturated heterocycles. The van der Waals surface area contributed by atoms with E-state index in [2.05, 4.69) is 56.3 Å². The van der Waals surface area contributed by atoms with Crippen molar-refractivity contribution >= 4 is 0 Å². The predicted octanol–water partition coefficient (Wildman–Crippen LogP) is 4.40. The van der Waals surface area contributed by atoms with Crippen LogP contribution in [0.4, 0.5) is 0 Å². The van der Waals surface area contributed by atoms with Gasteiger partial charge in [-0.05, 0) is 87.7 Å². The molecular weight excluding hydrogens is 396 g/mol. The minimum Gasteiger partial charge on any atom is -0.388 e. The van der Waals surface area contributed by atoms with Gasteiger partial charge in [-0.2, -0.15) is 0 Å². The molecule has 180 valence electrons. The molecule has 0 aromatic heterocycles. The lowest BCUT2D eigenvalue weighted by Gasteiger charge is -2.46. The Labute approximate surface area is 196 Å². The molecule has 0 aromatic rings. The summed E-state index contributed by atoms with van der Waals surface area (Å²) in [7, 11) is 2.25. The first-order valence-corrected chi connectivity index (χ1v) is 13.0. The number of hydrogen-bond donors (Lipinski definition) is 2. The zero-order valence-corrected chi connectivity index (χ0v) is 20.9. The van der Waals surface area contributed by atoms with Crippen molar-refractivity contribution in [3.63, 3.8) is 0 Å². The van der Waals surface area contributed by atoms with Gasteiger partial charge in [-0.1, -0.05) is 43.7 Å². The van der Waals surface area contributed by atoms with Crippen molar-refractivity contribution in [3.8, 4) is 0 Å². The SMILES string of the molecule is C=C1[C@H](O)CC(=C/C=C2\CCC[C@]3(C)[C@@H](C(C)CN4CCN(C)C[C@@H]4C)CC[C@@H]23)C[C@H]1O. The summed E-state index contributed by atoms with van der Waals surface area (Å²) >= 11 is 0. The van der Waals surface area contributed by atoms with Crippen LogP contribution >= 0.6 is 0 Å². The highest BCUT2D eigenvalue weighted by Gasteiger charge is 2.50. The molecule has 7 atom stereocenters. The van der Waals surface area contributed by atoms with Gasteiger partial charge in [0.2, 0.25) is 0 Å². The Bertz CT molecular complexity index is 743. The van der Waals surface area contributed by atoms with Crippen LogP contribution in [0.3, 0.4) is 0 Å². The molecule has 1 heterocycles. The molecule has 0 radical (unpaired) electrons. The number of nitrogens with zero attached hydrogens (tertiary/aromatic N) is 2. The first kappa shape index (κ1) is 24.2. The Morgan fingerprint density at radius 2 is 1.88 bits per heavy atom. The number of aliphatic hydroxyl groups excluding tert-OH is 2. The summed E-state index contributed by atoms with van der Waals surface area (Å²) in [6.07, 6.45) is 11.1. The summed E-state index contributed by atoms with van der Waals surface area (Å²) in [5.41, 5.74) is 3.76. The van der Waals surface area contributed by atoms with Crippen molar-refractivity contribution in [1.82, 2.24) is 9.80 Å². The zero-order valence-electron chi connectivity index (χ0n) is 20.9. The van der Waals surface area contributed by atoms with E-state index < -0.39 is 12.2 Å². The van der Waals surface area contributed by atoms with Gasteiger partial charge >= 0.3 is 0 Å². The normalized spacial score (nSPS) is 41.7. The second kappa shape index (κ2) is 9.74. The Morgan fingerprint density at radius 1 is 1.16 bits per heavy atom. The number of aliphatic hydroxyl groups is 2. The molecule has 1 unspecified atom stereocenters. The van der Waals surface area contributed by atoms with Crippen molar-refractivity contribution in [1.29, 1.82) is 0 Å². The monoisotopic (exact) mass is 442 g/mol. The largest absolute Gasteiger partial charge is 0.388 e. The molecule has 0 aromatic carbocycles. The molecule has 4 rings (SSSR count). The first-order chi connectivity index (χ1) is 15.2. The topological polar surface area (TPSA) is 46.9 Å². The summed E-state index contributed by atoms with van der Waals surface area (Å²) < 4.78 is 0. The van der Waals surface area contributed by atoms with Crippen molar-refractivity contribution in [2.75, 3.05) is 33.2 Å². The molecule has 2 N–H and O–H groups in total. The van der Waals surface area contributed by atoms with Crippen molar-refractivity contribution < 1.29 is 10.2 Å². The molecular formula is C28H46N2O2. The Balaban J connectivity index is 1.44. The maximum atomic E-state index is 10.2. The van der Waals surface area contributed by atoms with Crippen LogP contribution in [0.25, 0.3) is 0 Å². The molecule has 3 saturated carbocycles. The van der Waals surface area contributed by atoms with Gasteiger partial charge < -0.3 is 15.1 Å². The van der Waals surface area contributed by atoms with Gasteiger partial charge in [0, 0.05) is 32.2 Å². The van der Waals surface area contributed by atoms with Crippen LogP contribution in [0.2, 0.25) is 0 Å². The van der Waals surface area contributed by atoms with E-state index in [0.717, 1.165) is 17.4 Å². The Hall–Kier alpha value is -0.940. The average Bonchev–Trinajstić information content (AvgIpc) is 3.10. The van der Waals surface area contributed by atoms with Crippen LogP contribution in [0.15, 0.2) is 35.5 Å². The van der Waals surface area contributed by atoms with Gasteiger partial charge in [0.15, 0.2) is 0 Å². The lowest BCUT2D eigenvalue weighted by Crippen LogP contribution is -2.52. The van der Waals surface area contributed by atoms with Crippen LogP contribution < -0.4 is 0 Å². The molecule has 0 spiro atoms. The average molecular weight is 443 g/mol. The van der Waals surface area contributed by atoms with Crippen molar-refractivity contribution in [2.45, 2.75) is 84.0 Å². The van der Waals surface area contributed by atoms with E-state index in [-0.39, 0.29) is 0 Å². The van der Waals surface area contributed by atoms with Gasteiger partial charge in [0.1, 0.15) is 0 Å². The quantitative estimate of drug-likeness (QED) is 0.634. The fourth-order valence-electron chi connectivity index (χ4n) is 7.59. The van der Waals surface area contributed by atoms with Gasteiger partial charge in [0.25, 0.3) is 0 Å². The van der Waals surface area contributed by atoms with E-state index >= 15 is 0 Å². The molecule has 4 heteroatoms. The van der Waals surface area contributed by atoms with E-state index in [1.807, 2.05) is 0 Å². The third-order valence-corrected chi connectivity index (χ3v) is 9.52. The number of piperazine rings is 1. The van der Waals surface area contributed by atoms with Crippen LogP contribution in [0, 0.1) is 23.2 Å². The highest BCUT2D eigenvalue weighted by molar-refractivity contribution is 5.29. The highest BCUT2D eigenvalue weighted by Crippen LogP contribution is 2.59. The van der Waals surface area contributed by atoms with E-state index in [9.17, 15) is 10.2 Å². The smallest absolute Gasteiger partial charge is 0.0809 e. The van der Waals surface area contributed by atoms with Crippen LogP contribution in [-0.4, -0.2) is 71.5 Å². The van der Waals surface area contributed by atoms with Crippen LogP contribution in [0.5, 0.6) is 0 Å². The molecule has 32 heavy (non-hydrogen) atoms. The van der Waals surface area contributed by atoms with Gasteiger partial charge in [0.05, 0.1) is 12.2 Å². The molecule has 4 fully saturated rings. The van der Waals surface area contributed by atoms with E-state index in [4.69, 9.17) is 0 Å². The predicted molar refractivity (Wildman–Crippen MR) is 132 cm³/mol. The molecule has 4 nitrogen and oxygen atoms in total. The highest BCUT2D eigenvalue weighted by atomic mass is 16.3. The standard InChI is InChI=1S/C28H46N2O2/c1-19(17-30-14-13-29(5)18-20(30)2)24-10-11-25-23(7-6-12-28(24,25)4)9-8-22-15-26(31)21(3)27(32)16-22/h8-9,19-20,24-27,31-32H,3,6-7,10-18H2,1-2,4-5H3/b23-9+/t19?,20-,24+,25-,26+,27+,28+/m0/s1. The lowest BCUT2D eigenvalue weighted by molar-refractivity contribution is 0.0434. The van der Waals surface area contributed by atoms with Gasteiger partial charge in [-0.3, -0.25) is 4.90 Å². The van der Waals surface area contributed by atoms with Gasteiger partial charge in [-0.15, -0.1) is 0 Å². The molecule has 0 bridgehead atoms. The van der Waals surface area contributed by atoms with Gasteiger partial charge in [-0.25, -0.2) is 0 Å². The summed E-state index contributed by atoms with van der Waals surface area (Å²) in [6.45, 7) is 16.2. The van der Waals surface area contributed by atoms with Crippen molar-refractivity contribution in [3.05, 3.63) is 35.5 Å². The first-order valence-electron chi connectivity index (χ1n) is 13.0. The number of allylic oxidation sites excluding steroid dienone is 3. The third-order valence-electron chi connectivity index (χ3n) is 9.52. The summed E-state index contributed by atoms with van der Waals surface area (Å²) in [5.74, 6) is 2.24. The molecule has 4 aliphatic rings. The number of hydrogen-bond acceptors (Lipinski definition) is 4. The molecule has 1 aliphatic heterocycles. The second-order valence-electron chi connectivity index (χ2n) is 11.8. The summed E-state index contributed by atoms with van der Waals surface area (Å²) in [4.78, 5) is 5.20. The minimum absolute atomic E-state index is 0.414. The molecule has 0 amide bonds. The lowest BCUT2D eigenvalue weighted by atomic mass is 9.61. The summed E-state index contributed by atoms with van der Waals surface area (Å²) in [5, 5.41) is 20.4. The van der Waals surface area contributed by atoms with E-state index in [0.29, 0.717) is 35.8 Å².